The van der Waals surface area contributed by atoms with E-state index >= 15 is 0 Å². The SMILES string of the molecule is CC1CCN(C(=O)Cc2ccc(F)cc2)c2ccccc2S1. The highest BCUT2D eigenvalue weighted by atomic mass is 32.2. The van der Waals surface area contributed by atoms with Crippen molar-refractivity contribution in [2.45, 2.75) is 29.9 Å². The van der Waals surface area contributed by atoms with Crippen LogP contribution >= 0.6 is 11.8 Å². The van der Waals surface area contributed by atoms with Crippen LogP contribution < -0.4 is 4.90 Å². The topological polar surface area (TPSA) is 20.3 Å². The van der Waals surface area contributed by atoms with E-state index in [0.29, 0.717) is 11.7 Å². The monoisotopic (exact) mass is 315 g/mol. The quantitative estimate of drug-likeness (QED) is 0.824. The molecule has 2 aromatic rings. The zero-order chi connectivity index (χ0) is 15.5. The lowest BCUT2D eigenvalue weighted by atomic mass is 10.1. The Bertz CT molecular complexity index is 671. The van der Waals surface area contributed by atoms with Gasteiger partial charge in [-0.25, -0.2) is 4.39 Å². The molecule has 2 aromatic carbocycles. The van der Waals surface area contributed by atoms with Crippen molar-refractivity contribution in [3.05, 3.63) is 59.9 Å². The lowest BCUT2D eigenvalue weighted by molar-refractivity contribution is -0.118. The molecule has 0 fully saturated rings. The van der Waals surface area contributed by atoms with Crippen LogP contribution in [0.2, 0.25) is 0 Å². The molecule has 1 unspecified atom stereocenters. The highest BCUT2D eigenvalue weighted by molar-refractivity contribution is 8.00. The molecule has 3 rings (SSSR count). The van der Waals surface area contributed by atoms with E-state index in [-0.39, 0.29) is 11.7 Å². The van der Waals surface area contributed by atoms with E-state index in [1.54, 1.807) is 12.1 Å². The molecule has 1 aliphatic rings. The highest BCUT2D eigenvalue weighted by Crippen LogP contribution is 2.37. The van der Waals surface area contributed by atoms with E-state index < -0.39 is 0 Å². The normalized spacial score (nSPS) is 17.7. The second kappa shape index (κ2) is 6.53. The molecule has 22 heavy (non-hydrogen) atoms. The van der Waals surface area contributed by atoms with Crippen molar-refractivity contribution >= 4 is 23.4 Å². The summed E-state index contributed by atoms with van der Waals surface area (Å²) < 4.78 is 13.0. The van der Waals surface area contributed by atoms with Gasteiger partial charge in [-0.15, -0.1) is 11.8 Å². The summed E-state index contributed by atoms with van der Waals surface area (Å²) in [5.41, 5.74) is 1.83. The minimum Gasteiger partial charge on any atom is -0.311 e. The molecule has 0 bridgehead atoms. The zero-order valence-corrected chi connectivity index (χ0v) is 13.3. The molecule has 1 amide bonds. The number of benzene rings is 2. The summed E-state index contributed by atoms with van der Waals surface area (Å²) in [5, 5.41) is 0.491. The maximum Gasteiger partial charge on any atom is 0.231 e. The Morgan fingerprint density at radius 1 is 1.23 bits per heavy atom. The number of halogens is 1. The second-order valence-corrected chi connectivity index (χ2v) is 7.01. The third-order valence-electron chi connectivity index (χ3n) is 3.81. The summed E-state index contributed by atoms with van der Waals surface area (Å²) in [5.74, 6) is -0.213. The van der Waals surface area contributed by atoms with E-state index in [1.807, 2.05) is 34.9 Å². The van der Waals surface area contributed by atoms with Crippen LogP contribution in [0.1, 0.15) is 18.9 Å². The van der Waals surface area contributed by atoms with Crippen LogP contribution in [0.15, 0.2) is 53.4 Å². The number of amides is 1. The van der Waals surface area contributed by atoms with Gasteiger partial charge < -0.3 is 4.90 Å². The number of carbonyl (C=O) groups is 1. The Labute approximate surface area is 134 Å². The third kappa shape index (κ3) is 3.33. The summed E-state index contributed by atoms with van der Waals surface area (Å²) in [6.07, 6.45) is 1.27. The Morgan fingerprint density at radius 3 is 2.73 bits per heavy atom. The van der Waals surface area contributed by atoms with Gasteiger partial charge in [-0.1, -0.05) is 31.2 Å². The first-order valence-electron chi connectivity index (χ1n) is 7.44. The molecule has 0 radical (unpaired) electrons. The standard InChI is InChI=1S/C18H18FNOS/c1-13-10-11-20(16-4-2-3-5-17(16)22-13)18(21)12-14-6-8-15(19)9-7-14/h2-9,13H,10-12H2,1H3. The summed E-state index contributed by atoms with van der Waals surface area (Å²) in [4.78, 5) is 15.7. The van der Waals surface area contributed by atoms with Gasteiger partial charge in [-0.3, -0.25) is 4.79 Å². The first-order chi connectivity index (χ1) is 10.6. The average molecular weight is 315 g/mol. The van der Waals surface area contributed by atoms with Crippen LogP contribution in [-0.4, -0.2) is 17.7 Å². The van der Waals surface area contributed by atoms with Crippen LogP contribution in [0.25, 0.3) is 0 Å². The summed E-state index contributed by atoms with van der Waals surface area (Å²) >= 11 is 1.82. The summed E-state index contributed by atoms with van der Waals surface area (Å²) in [6.45, 7) is 2.92. The Hall–Kier alpha value is -1.81. The van der Waals surface area contributed by atoms with Gasteiger partial charge in [0.2, 0.25) is 5.91 Å². The molecule has 1 heterocycles. The first kappa shape index (κ1) is 15.1. The minimum atomic E-state index is -0.276. The predicted octanol–water partition coefficient (Wildman–Crippen LogP) is 4.29. The number of para-hydroxylation sites is 1. The largest absolute Gasteiger partial charge is 0.311 e. The van der Waals surface area contributed by atoms with E-state index in [0.717, 1.165) is 29.1 Å². The molecule has 0 aliphatic carbocycles. The fraction of sp³-hybridized carbons (Fsp3) is 0.278. The lowest BCUT2D eigenvalue weighted by Gasteiger charge is -2.22. The third-order valence-corrected chi connectivity index (χ3v) is 5.05. The number of fused-ring (bicyclic) bond motifs is 1. The average Bonchev–Trinajstić information content (AvgIpc) is 2.68. The van der Waals surface area contributed by atoms with Gasteiger partial charge in [-0.05, 0) is 36.2 Å². The van der Waals surface area contributed by atoms with Gasteiger partial charge in [-0.2, -0.15) is 0 Å². The van der Waals surface area contributed by atoms with Crippen LogP contribution in [0, 0.1) is 5.82 Å². The minimum absolute atomic E-state index is 0.0637. The fourth-order valence-electron chi connectivity index (χ4n) is 2.62. The van der Waals surface area contributed by atoms with Crippen LogP contribution in [0.3, 0.4) is 0 Å². The van der Waals surface area contributed by atoms with Crippen molar-refractivity contribution in [1.82, 2.24) is 0 Å². The Kier molecular flexibility index (Phi) is 4.48. The van der Waals surface area contributed by atoms with Gasteiger partial charge >= 0.3 is 0 Å². The highest BCUT2D eigenvalue weighted by Gasteiger charge is 2.23. The van der Waals surface area contributed by atoms with E-state index in [1.165, 1.54) is 12.1 Å². The van der Waals surface area contributed by atoms with Crippen LogP contribution in [-0.2, 0) is 11.2 Å². The summed E-state index contributed by atoms with van der Waals surface area (Å²) in [6, 6.07) is 14.2. The number of hydrogen-bond acceptors (Lipinski definition) is 2. The maximum absolute atomic E-state index is 13.0. The van der Waals surface area contributed by atoms with Crippen molar-refractivity contribution in [3.63, 3.8) is 0 Å². The van der Waals surface area contributed by atoms with Gasteiger partial charge in [0, 0.05) is 16.7 Å². The molecule has 0 N–H and O–H groups in total. The second-order valence-electron chi connectivity index (χ2n) is 5.53. The van der Waals surface area contributed by atoms with Crippen molar-refractivity contribution in [3.8, 4) is 0 Å². The van der Waals surface area contributed by atoms with E-state index in [2.05, 4.69) is 13.0 Å². The first-order valence-corrected chi connectivity index (χ1v) is 8.32. The van der Waals surface area contributed by atoms with Crippen molar-refractivity contribution in [1.29, 1.82) is 0 Å². The van der Waals surface area contributed by atoms with Crippen LogP contribution in [0.4, 0.5) is 10.1 Å². The number of carbonyl (C=O) groups excluding carboxylic acids is 1. The number of anilines is 1. The number of thioether (sulfide) groups is 1. The maximum atomic E-state index is 13.0. The molecule has 0 saturated heterocycles. The fourth-order valence-corrected chi connectivity index (χ4v) is 3.73. The number of nitrogens with zero attached hydrogens (tertiary/aromatic N) is 1. The van der Waals surface area contributed by atoms with Crippen molar-refractivity contribution < 1.29 is 9.18 Å². The van der Waals surface area contributed by atoms with Crippen molar-refractivity contribution in [2.75, 3.05) is 11.4 Å². The molecule has 1 atom stereocenters. The Morgan fingerprint density at radius 2 is 1.95 bits per heavy atom. The molecule has 2 nitrogen and oxygen atoms in total. The molecule has 1 aliphatic heterocycles. The molecular weight excluding hydrogens is 297 g/mol. The molecule has 114 valence electrons. The van der Waals surface area contributed by atoms with Gasteiger partial charge in [0.1, 0.15) is 5.82 Å². The zero-order valence-electron chi connectivity index (χ0n) is 12.5. The van der Waals surface area contributed by atoms with Crippen molar-refractivity contribution in [2.24, 2.45) is 0 Å². The van der Waals surface area contributed by atoms with Gasteiger partial charge in [0.25, 0.3) is 0 Å². The molecular formula is C18H18FNOS. The molecule has 0 aromatic heterocycles. The predicted molar refractivity (Wildman–Crippen MR) is 88.8 cm³/mol. The smallest absolute Gasteiger partial charge is 0.231 e. The van der Waals surface area contributed by atoms with E-state index in [9.17, 15) is 9.18 Å². The molecule has 0 saturated carbocycles. The Balaban J connectivity index is 1.84. The van der Waals surface area contributed by atoms with E-state index in [4.69, 9.17) is 0 Å². The number of rotatable bonds is 2. The molecule has 4 heteroatoms. The van der Waals surface area contributed by atoms with Gasteiger partial charge in [0.15, 0.2) is 0 Å². The lowest BCUT2D eigenvalue weighted by Crippen LogP contribution is -2.33. The van der Waals surface area contributed by atoms with Crippen LogP contribution in [0.5, 0.6) is 0 Å². The number of hydrogen-bond donors (Lipinski definition) is 0. The van der Waals surface area contributed by atoms with Gasteiger partial charge in [0.05, 0.1) is 12.1 Å². The molecule has 0 spiro atoms. The summed E-state index contributed by atoms with van der Waals surface area (Å²) in [7, 11) is 0.